The van der Waals surface area contributed by atoms with Crippen molar-refractivity contribution in [3.63, 3.8) is 0 Å². The third kappa shape index (κ3) is 3.98. The largest absolute Gasteiger partial charge is 0.454 e. The molecular weight excluding hydrogens is 312 g/mol. The second kappa shape index (κ2) is 6.43. The number of aliphatic hydroxyl groups excluding tert-OH is 1. The van der Waals surface area contributed by atoms with Gasteiger partial charge in [-0.1, -0.05) is 0 Å². The van der Waals surface area contributed by atoms with E-state index < -0.39 is 0 Å². The summed E-state index contributed by atoms with van der Waals surface area (Å²) in [6, 6.07) is 3.66. The van der Waals surface area contributed by atoms with Crippen LogP contribution in [0.25, 0.3) is 0 Å². The Morgan fingerprint density at radius 3 is 3.05 bits per heavy atom. The molecule has 0 saturated carbocycles. The lowest BCUT2D eigenvalue weighted by Crippen LogP contribution is -2.39. The van der Waals surface area contributed by atoms with E-state index >= 15 is 0 Å². The third-order valence-electron chi connectivity index (χ3n) is 3.47. The van der Waals surface area contributed by atoms with E-state index in [2.05, 4.69) is 21.2 Å². The van der Waals surface area contributed by atoms with Crippen molar-refractivity contribution >= 4 is 22.0 Å². The molecule has 0 aromatic carbocycles. The summed E-state index contributed by atoms with van der Waals surface area (Å²) in [6.45, 7) is 3.68. The van der Waals surface area contributed by atoms with E-state index in [9.17, 15) is 9.90 Å². The van der Waals surface area contributed by atoms with Crippen LogP contribution >= 0.6 is 15.9 Å². The first-order chi connectivity index (χ1) is 9.06. The van der Waals surface area contributed by atoms with Crippen LogP contribution in [0.3, 0.4) is 0 Å². The lowest BCUT2D eigenvalue weighted by atomic mass is 10.0. The van der Waals surface area contributed by atoms with Gasteiger partial charge in [0.05, 0.1) is 6.10 Å². The Bertz CT molecular complexity index is 433. The van der Waals surface area contributed by atoms with Crippen molar-refractivity contribution in [2.24, 2.45) is 5.92 Å². The van der Waals surface area contributed by atoms with Gasteiger partial charge in [0.25, 0.3) is 0 Å². The molecule has 19 heavy (non-hydrogen) atoms. The molecule has 1 aliphatic heterocycles. The van der Waals surface area contributed by atoms with Crippen molar-refractivity contribution in [2.45, 2.75) is 25.9 Å². The first kappa shape index (κ1) is 14.4. The van der Waals surface area contributed by atoms with Crippen molar-refractivity contribution in [1.82, 2.24) is 10.2 Å². The molecule has 1 saturated heterocycles. The van der Waals surface area contributed by atoms with Crippen LogP contribution in [0.1, 0.15) is 19.1 Å². The van der Waals surface area contributed by atoms with Crippen molar-refractivity contribution in [1.29, 1.82) is 0 Å². The van der Waals surface area contributed by atoms with Crippen LogP contribution in [0, 0.1) is 5.92 Å². The Hall–Kier alpha value is -1.01. The maximum Gasteiger partial charge on any atom is 0.317 e. The van der Waals surface area contributed by atoms with Crippen LogP contribution in [0.4, 0.5) is 4.79 Å². The minimum atomic E-state index is -0.349. The van der Waals surface area contributed by atoms with Gasteiger partial charge in [-0.05, 0) is 41.4 Å². The molecule has 0 spiro atoms. The number of rotatable bonds is 4. The van der Waals surface area contributed by atoms with E-state index in [1.54, 1.807) is 11.8 Å². The van der Waals surface area contributed by atoms with Crippen LogP contribution in [-0.2, 0) is 6.42 Å². The number of nitrogens with one attached hydrogen (secondary N) is 1. The minimum absolute atomic E-state index is 0.0613. The molecule has 2 rings (SSSR count). The second-order valence-corrected chi connectivity index (χ2v) is 5.70. The predicted molar refractivity (Wildman–Crippen MR) is 74.9 cm³/mol. The Labute approximate surface area is 121 Å². The molecule has 2 heterocycles. The molecule has 0 radical (unpaired) electrons. The predicted octanol–water partition coefficient (Wildman–Crippen LogP) is 2.00. The molecule has 5 nitrogen and oxygen atoms in total. The van der Waals surface area contributed by atoms with Gasteiger partial charge in [0.2, 0.25) is 0 Å². The zero-order valence-electron chi connectivity index (χ0n) is 10.9. The molecule has 0 bridgehead atoms. The number of aliphatic hydroxyl groups is 1. The Kier molecular flexibility index (Phi) is 4.87. The highest BCUT2D eigenvalue weighted by atomic mass is 79.9. The molecule has 0 unspecified atom stereocenters. The fourth-order valence-corrected chi connectivity index (χ4v) is 2.60. The molecule has 1 aliphatic rings. The van der Waals surface area contributed by atoms with Gasteiger partial charge in [-0.15, -0.1) is 0 Å². The van der Waals surface area contributed by atoms with E-state index in [1.807, 2.05) is 12.1 Å². The van der Waals surface area contributed by atoms with Crippen LogP contribution < -0.4 is 5.32 Å². The number of halogens is 1. The molecule has 2 N–H and O–H groups in total. The number of amides is 2. The van der Waals surface area contributed by atoms with Crippen LogP contribution in [-0.4, -0.2) is 41.8 Å². The summed E-state index contributed by atoms with van der Waals surface area (Å²) in [5, 5.41) is 12.4. The molecule has 106 valence electrons. The van der Waals surface area contributed by atoms with Gasteiger partial charge in [0.15, 0.2) is 4.67 Å². The summed E-state index contributed by atoms with van der Waals surface area (Å²) in [7, 11) is 0. The normalized spacial score (nSPS) is 20.6. The lowest BCUT2D eigenvalue weighted by Gasteiger charge is -2.18. The van der Waals surface area contributed by atoms with E-state index in [0.717, 1.165) is 12.2 Å². The summed E-state index contributed by atoms with van der Waals surface area (Å²) in [5.41, 5.74) is 0. The zero-order valence-corrected chi connectivity index (χ0v) is 12.5. The monoisotopic (exact) mass is 330 g/mol. The van der Waals surface area contributed by atoms with Gasteiger partial charge >= 0.3 is 6.03 Å². The van der Waals surface area contributed by atoms with Gasteiger partial charge in [-0.3, -0.25) is 0 Å². The third-order valence-corrected chi connectivity index (χ3v) is 3.90. The number of hydrogen-bond acceptors (Lipinski definition) is 3. The number of furan rings is 1. The highest BCUT2D eigenvalue weighted by molar-refractivity contribution is 9.10. The van der Waals surface area contributed by atoms with E-state index in [4.69, 9.17) is 4.42 Å². The molecule has 2 atom stereocenters. The van der Waals surface area contributed by atoms with Gasteiger partial charge < -0.3 is 19.7 Å². The highest BCUT2D eigenvalue weighted by Crippen LogP contribution is 2.19. The smallest absolute Gasteiger partial charge is 0.317 e. The zero-order chi connectivity index (χ0) is 13.8. The highest BCUT2D eigenvalue weighted by Gasteiger charge is 2.28. The van der Waals surface area contributed by atoms with E-state index in [0.29, 0.717) is 30.7 Å². The molecule has 1 aromatic rings. The van der Waals surface area contributed by atoms with Crippen molar-refractivity contribution < 1.29 is 14.3 Å². The molecule has 0 aliphatic carbocycles. The van der Waals surface area contributed by atoms with Gasteiger partial charge in [-0.25, -0.2) is 4.79 Å². The maximum absolute atomic E-state index is 11.9. The molecular formula is C13H19BrN2O3. The quantitative estimate of drug-likeness (QED) is 0.887. The first-order valence-corrected chi connectivity index (χ1v) is 7.30. The topological polar surface area (TPSA) is 65.7 Å². The summed E-state index contributed by atoms with van der Waals surface area (Å²) < 4.78 is 6.06. The number of hydrogen-bond donors (Lipinski definition) is 2. The molecule has 1 fully saturated rings. The van der Waals surface area contributed by atoms with Crippen LogP contribution in [0.2, 0.25) is 0 Å². The Balaban J connectivity index is 1.70. The van der Waals surface area contributed by atoms with Gasteiger partial charge in [-0.2, -0.15) is 0 Å². The fraction of sp³-hybridized carbons (Fsp3) is 0.615. The molecule has 6 heteroatoms. The summed E-state index contributed by atoms with van der Waals surface area (Å²) >= 11 is 3.24. The number of carbonyl (C=O) groups excluding carboxylic acids is 1. The first-order valence-electron chi connectivity index (χ1n) is 6.51. The Morgan fingerprint density at radius 2 is 2.47 bits per heavy atom. The standard InChI is InChI=1S/C13H19BrN2O3/c1-9(17)10-5-7-16(8-10)13(18)15-6-4-11-2-3-12(14)19-11/h2-3,9-10,17H,4-8H2,1H3,(H,15,18)/t9-,10+/m1/s1. The molecule has 2 amide bonds. The minimum Gasteiger partial charge on any atom is -0.454 e. The molecule has 1 aromatic heterocycles. The SMILES string of the molecule is C[C@@H](O)[C@H]1CCN(C(=O)NCCc2ccc(Br)o2)C1. The van der Waals surface area contributed by atoms with Gasteiger partial charge in [0.1, 0.15) is 5.76 Å². The number of nitrogens with zero attached hydrogens (tertiary/aromatic N) is 1. The summed E-state index contributed by atoms with van der Waals surface area (Å²) in [5.74, 6) is 1.04. The number of carbonyl (C=O) groups is 1. The maximum atomic E-state index is 11.9. The average Bonchev–Trinajstić information content (AvgIpc) is 2.98. The van der Waals surface area contributed by atoms with Gasteiger partial charge in [0, 0.05) is 32.0 Å². The average molecular weight is 331 g/mol. The van der Waals surface area contributed by atoms with Crippen molar-refractivity contribution in [3.05, 3.63) is 22.6 Å². The lowest BCUT2D eigenvalue weighted by molar-refractivity contribution is 0.129. The number of likely N-dealkylation sites (tertiary alicyclic amines) is 1. The second-order valence-electron chi connectivity index (χ2n) is 4.92. The Morgan fingerprint density at radius 1 is 1.68 bits per heavy atom. The summed E-state index contributed by atoms with van der Waals surface area (Å²) in [6.07, 6.45) is 1.19. The summed E-state index contributed by atoms with van der Waals surface area (Å²) in [4.78, 5) is 13.7. The van der Waals surface area contributed by atoms with Crippen LogP contribution in [0.15, 0.2) is 21.2 Å². The van der Waals surface area contributed by atoms with Crippen molar-refractivity contribution in [2.75, 3.05) is 19.6 Å². The fourth-order valence-electron chi connectivity index (χ4n) is 2.26. The van der Waals surface area contributed by atoms with E-state index in [1.165, 1.54) is 0 Å². The van der Waals surface area contributed by atoms with E-state index in [-0.39, 0.29) is 18.1 Å². The number of urea groups is 1. The van der Waals surface area contributed by atoms with Crippen LogP contribution in [0.5, 0.6) is 0 Å². The van der Waals surface area contributed by atoms with Crippen molar-refractivity contribution in [3.8, 4) is 0 Å².